The molecular weight excluding hydrogens is 303 g/mol. The van der Waals surface area contributed by atoms with Crippen LogP contribution < -0.4 is 11.1 Å². The van der Waals surface area contributed by atoms with Gasteiger partial charge in [-0.05, 0) is 18.2 Å². The van der Waals surface area contributed by atoms with Crippen molar-refractivity contribution in [1.29, 1.82) is 0 Å². The summed E-state index contributed by atoms with van der Waals surface area (Å²) in [5.74, 6) is -0.526. The van der Waals surface area contributed by atoms with Gasteiger partial charge in [0.1, 0.15) is 10.9 Å². The van der Waals surface area contributed by atoms with Crippen molar-refractivity contribution in [2.45, 2.75) is 10.9 Å². The fourth-order valence-electron chi connectivity index (χ4n) is 1.95. The molecule has 1 amide bonds. The predicted octanol–water partition coefficient (Wildman–Crippen LogP) is -0.195. The Balaban J connectivity index is 0.00000220. The molecule has 6 nitrogen and oxygen atoms in total. The minimum atomic E-state index is -4.44. The Morgan fingerprint density at radius 1 is 1.24 bits per heavy atom. The Morgan fingerprint density at radius 3 is 2.43 bits per heavy atom. The summed E-state index contributed by atoms with van der Waals surface area (Å²) in [6.07, 6.45) is 5.50. The second-order valence-corrected chi connectivity index (χ2v) is 5.97. The van der Waals surface area contributed by atoms with E-state index < -0.39 is 26.9 Å². The Labute approximate surface area is 145 Å². The monoisotopic (exact) mass is 318 g/mol. The fraction of sp³-hybridized carbons (Fsp3) is 0.154. The summed E-state index contributed by atoms with van der Waals surface area (Å²) in [4.78, 5) is 12.1. The third-order valence-corrected chi connectivity index (χ3v) is 4.12. The van der Waals surface area contributed by atoms with E-state index in [0.29, 0.717) is 5.56 Å². The molecule has 0 saturated heterocycles. The number of hydrogen-bond acceptors (Lipinski definition) is 4. The quantitative estimate of drug-likeness (QED) is 0.406. The first kappa shape index (κ1) is 18.1. The summed E-state index contributed by atoms with van der Waals surface area (Å²) in [7, 11) is -4.44. The summed E-state index contributed by atoms with van der Waals surface area (Å²) >= 11 is 0. The van der Waals surface area contributed by atoms with Crippen molar-refractivity contribution < 1.29 is 17.8 Å². The summed E-state index contributed by atoms with van der Waals surface area (Å²) in [5.41, 5.74) is 4.56. The molecule has 1 aliphatic carbocycles. The van der Waals surface area contributed by atoms with E-state index in [0.717, 1.165) is 0 Å². The minimum absolute atomic E-state index is 0. The van der Waals surface area contributed by atoms with E-state index in [2.05, 4.69) is 5.32 Å². The summed E-state index contributed by atoms with van der Waals surface area (Å²) in [6.45, 7) is 0. The Morgan fingerprint density at radius 2 is 1.86 bits per heavy atom. The van der Waals surface area contributed by atoms with Gasteiger partial charge in [-0.25, -0.2) is 0 Å². The van der Waals surface area contributed by atoms with Crippen LogP contribution in [0.15, 0.2) is 54.6 Å². The van der Waals surface area contributed by atoms with Gasteiger partial charge in [0.2, 0.25) is 0 Å². The van der Waals surface area contributed by atoms with Gasteiger partial charge in [-0.1, -0.05) is 36.4 Å². The average molecular weight is 318 g/mol. The van der Waals surface area contributed by atoms with Crippen LogP contribution in [0, 0.1) is 0 Å². The first-order valence-corrected chi connectivity index (χ1v) is 7.32. The van der Waals surface area contributed by atoms with Crippen molar-refractivity contribution in [3.8, 4) is 0 Å². The van der Waals surface area contributed by atoms with Crippen molar-refractivity contribution in [1.82, 2.24) is 5.32 Å². The van der Waals surface area contributed by atoms with Crippen molar-refractivity contribution in [3.63, 3.8) is 0 Å². The van der Waals surface area contributed by atoms with Gasteiger partial charge in [-0.2, -0.15) is 8.42 Å². The van der Waals surface area contributed by atoms with Gasteiger partial charge in [0, 0.05) is 5.56 Å². The number of nitrogens with two attached hydrogens (primary N) is 1. The molecule has 1 aromatic rings. The summed E-state index contributed by atoms with van der Waals surface area (Å²) < 4.78 is 31.9. The van der Waals surface area contributed by atoms with Crippen molar-refractivity contribution in [2.75, 3.05) is 0 Å². The van der Waals surface area contributed by atoms with E-state index >= 15 is 0 Å². The number of carbonyl (C=O) groups excluding carboxylic acids is 1. The van der Waals surface area contributed by atoms with Crippen LogP contribution in [0.2, 0.25) is 0 Å². The van der Waals surface area contributed by atoms with Crippen LogP contribution in [0.1, 0.15) is 10.4 Å². The molecule has 8 heteroatoms. The number of nitrogens with one attached hydrogen (secondary N) is 1. The zero-order valence-corrected chi connectivity index (χ0v) is 11.2. The topological polar surface area (TPSA) is 109 Å². The van der Waals surface area contributed by atoms with E-state index in [9.17, 15) is 17.8 Å². The van der Waals surface area contributed by atoms with Crippen LogP contribution >= 0.6 is 0 Å². The molecule has 2 atom stereocenters. The van der Waals surface area contributed by atoms with E-state index in [1.165, 1.54) is 24.3 Å². The number of hydrogen-bond donors (Lipinski definition) is 3. The molecular formula is C13H15N2NaO4S. The molecule has 0 heterocycles. The van der Waals surface area contributed by atoms with E-state index in [1.807, 2.05) is 0 Å². The molecule has 2 unspecified atom stereocenters. The zero-order chi connectivity index (χ0) is 14.8. The average Bonchev–Trinajstić information content (AvgIpc) is 2.38. The van der Waals surface area contributed by atoms with Crippen molar-refractivity contribution in [3.05, 3.63) is 60.2 Å². The van der Waals surface area contributed by atoms with Crippen molar-refractivity contribution in [2.24, 2.45) is 5.73 Å². The molecule has 1 aliphatic rings. The molecule has 0 fully saturated rings. The molecule has 4 N–H and O–H groups in total. The first-order chi connectivity index (χ1) is 9.33. The maximum absolute atomic E-state index is 12.1. The molecule has 2 rings (SSSR count). The number of benzene rings is 1. The third-order valence-electron chi connectivity index (χ3n) is 2.93. The van der Waals surface area contributed by atoms with Crippen LogP contribution in [-0.4, -0.2) is 59.3 Å². The molecule has 0 aromatic heterocycles. The number of allylic oxidation sites excluding steroid dienone is 2. The molecule has 108 valence electrons. The number of carbonyl (C=O) groups is 1. The molecule has 0 radical (unpaired) electrons. The van der Waals surface area contributed by atoms with E-state index in [4.69, 9.17) is 5.73 Å². The molecule has 0 bridgehead atoms. The number of amides is 1. The summed E-state index contributed by atoms with van der Waals surface area (Å²) in [6, 6.07) is 8.25. The SMILES string of the molecule is NC1(NC(=O)c2ccccc2)C=CC=CC1S(=O)(=O)O.[NaH]. The third kappa shape index (κ3) is 4.26. The molecule has 21 heavy (non-hydrogen) atoms. The molecule has 0 spiro atoms. The van der Waals surface area contributed by atoms with Crippen LogP contribution in [0.4, 0.5) is 0 Å². The number of rotatable bonds is 3. The molecule has 1 aromatic carbocycles. The van der Waals surface area contributed by atoms with Crippen LogP contribution in [0.5, 0.6) is 0 Å². The van der Waals surface area contributed by atoms with Gasteiger partial charge in [-0.3, -0.25) is 9.35 Å². The van der Waals surface area contributed by atoms with Crippen LogP contribution in [0.3, 0.4) is 0 Å². The first-order valence-electron chi connectivity index (χ1n) is 5.82. The van der Waals surface area contributed by atoms with Gasteiger partial charge >= 0.3 is 29.6 Å². The van der Waals surface area contributed by atoms with Gasteiger partial charge in [0.05, 0.1) is 0 Å². The van der Waals surface area contributed by atoms with E-state index in [-0.39, 0.29) is 29.6 Å². The zero-order valence-electron chi connectivity index (χ0n) is 10.4. The second-order valence-electron chi connectivity index (χ2n) is 4.43. The molecule has 0 saturated carbocycles. The Bertz CT molecular complexity index is 673. The normalized spacial score (nSPS) is 24.2. The standard InChI is InChI=1S/C13H14N2O4S.Na.H/c14-13(9-5-4-8-11(13)20(17,18)19)15-12(16)10-6-2-1-3-7-10;;/h1-9,11H,14H2,(H,15,16)(H,17,18,19);;. The van der Waals surface area contributed by atoms with E-state index in [1.54, 1.807) is 30.3 Å². The molecule has 0 aliphatic heterocycles. The van der Waals surface area contributed by atoms with Gasteiger partial charge < -0.3 is 11.1 Å². The van der Waals surface area contributed by atoms with Gasteiger partial charge in [-0.15, -0.1) is 0 Å². The maximum atomic E-state index is 12.1. The van der Waals surface area contributed by atoms with Crippen LogP contribution in [-0.2, 0) is 10.1 Å². The Kier molecular flexibility index (Phi) is 5.92. The Hall–Kier alpha value is -0.960. The predicted molar refractivity (Wildman–Crippen MR) is 81.6 cm³/mol. The van der Waals surface area contributed by atoms with Gasteiger partial charge in [0.15, 0.2) is 0 Å². The summed E-state index contributed by atoms with van der Waals surface area (Å²) in [5, 5.41) is 0.992. The second kappa shape index (κ2) is 6.87. The van der Waals surface area contributed by atoms with Crippen molar-refractivity contribution >= 4 is 45.6 Å². The van der Waals surface area contributed by atoms with Gasteiger partial charge in [0.25, 0.3) is 16.0 Å². The fourth-order valence-corrected chi connectivity index (χ4v) is 2.87. The van der Waals surface area contributed by atoms with Crippen LogP contribution in [0.25, 0.3) is 0 Å².